The van der Waals surface area contributed by atoms with Crippen LogP contribution in [0.4, 0.5) is 0 Å². The molecule has 0 aliphatic heterocycles. The van der Waals surface area contributed by atoms with Gasteiger partial charge in [-0.15, -0.1) is 16.8 Å². The topological polar surface area (TPSA) is 39.9 Å². The average molecular weight is 402 g/mol. The molecule has 4 rings (SSSR count). The zero-order valence-corrected chi connectivity index (χ0v) is 17.2. The summed E-state index contributed by atoms with van der Waals surface area (Å²) in [4.78, 5) is 0. The van der Waals surface area contributed by atoms with Crippen molar-refractivity contribution < 1.29 is 4.74 Å². The number of benzene rings is 3. The zero-order chi connectivity index (χ0) is 20.1. The van der Waals surface area contributed by atoms with E-state index in [-0.39, 0.29) is 0 Å². The van der Waals surface area contributed by atoms with Gasteiger partial charge in [-0.2, -0.15) is 0 Å². The van der Waals surface area contributed by atoms with Crippen molar-refractivity contribution in [3.05, 3.63) is 84.9 Å². The predicted octanol–water partition coefficient (Wildman–Crippen LogP) is 5.98. The van der Waals surface area contributed by atoms with E-state index in [0.29, 0.717) is 13.2 Å². The van der Waals surface area contributed by atoms with E-state index < -0.39 is 0 Å². The number of nitrogens with zero attached hydrogens (tertiary/aromatic N) is 3. The average Bonchev–Trinajstić information content (AvgIpc) is 3.15. The lowest BCUT2D eigenvalue weighted by Gasteiger charge is -2.12. The molecule has 29 heavy (non-hydrogen) atoms. The van der Waals surface area contributed by atoms with Crippen molar-refractivity contribution in [3.8, 4) is 17.1 Å². The largest absolute Gasteiger partial charge is 0.493 e. The van der Waals surface area contributed by atoms with Crippen molar-refractivity contribution in [2.24, 2.45) is 0 Å². The molecular weight excluding hydrogens is 378 g/mol. The highest BCUT2D eigenvalue weighted by atomic mass is 32.2. The molecule has 0 aliphatic carbocycles. The quantitative estimate of drug-likeness (QED) is 0.269. The van der Waals surface area contributed by atoms with Gasteiger partial charge in [0.15, 0.2) is 11.0 Å². The highest BCUT2D eigenvalue weighted by Gasteiger charge is 2.17. The number of ether oxygens (including phenoxy) is 1. The lowest BCUT2D eigenvalue weighted by molar-refractivity contribution is 0.341. The van der Waals surface area contributed by atoms with Gasteiger partial charge in [0.2, 0.25) is 0 Å². The fraction of sp³-hybridized carbons (Fsp3) is 0.167. The van der Waals surface area contributed by atoms with Gasteiger partial charge in [-0.3, -0.25) is 4.57 Å². The molecule has 0 radical (unpaired) electrons. The summed E-state index contributed by atoms with van der Waals surface area (Å²) in [7, 11) is 0. The van der Waals surface area contributed by atoms with Crippen LogP contribution in [0.2, 0.25) is 0 Å². The molecule has 0 unspecified atom stereocenters. The van der Waals surface area contributed by atoms with Crippen molar-refractivity contribution >= 4 is 22.5 Å². The van der Waals surface area contributed by atoms with Gasteiger partial charge in [-0.1, -0.05) is 72.4 Å². The number of allylic oxidation sites excluding steroid dienone is 1. The lowest BCUT2D eigenvalue weighted by Crippen LogP contribution is -2.02. The van der Waals surface area contributed by atoms with Gasteiger partial charge in [0.25, 0.3) is 0 Å². The Kier molecular flexibility index (Phi) is 5.96. The Morgan fingerprint density at radius 1 is 1.00 bits per heavy atom. The van der Waals surface area contributed by atoms with Crippen LogP contribution in [-0.4, -0.2) is 21.4 Å². The molecule has 0 amide bonds. The third kappa shape index (κ3) is 4.05. The van der Waals surface area contributed by atoms with Crippen LogP contribution in [0.1, 0.15) is 12.5 Å². The van der Waals surface area contributed by atoms with E-state index >= 15 is 0 Å². The smallest absolute Gasteiger partial charge is 0.192 e. The molecule has 3 aromatic carbocycles. The molecule has 0 saturated carbocycles. The van der Waals surface area contributed by atoms with E-state index in [0.717, 1.165) is 28.0 Å². The van der Waals surface area contributed by atoms with Crippen LogP contribution in [-0.2, 0) is 12.3 Å². The van der Waals surface area contributed by atoms with Gasteiger partial charge in [0, 0.05) is 12.3 Å². The lowest BCUT2D eigenvalue weighted by atomic mass is 10.1. The fourth-order valence-electron chi connectivity index (χ4n) is 3.38. The summed E-state index contributed by atoms with van der Waals surface area (Å²) in [5.74, 6) is 2.44. The Bertz CT molecular complexity index is 1130. The number of aromatic nitrogens is 3. The number of fused-ring (bicyclic) bond motifs is 1. The summed E-state index contributed by atoms with van der Waals surface area (Å²) in [6.07, 6.45) is 1.87. The molecule has 1 heterocycles. The molecule has 0 fully saturated rings. The summed E-state index contributed by atoms with van der Waals surface area (Å²) < 4.78 is 7.90. The first-order valence-corrected chi connectivity index (χ1v) is 10.7. The second-order valence-corrected chi connectivity index (χ2v) is 7.50. The predicted molar refractivity (Wildman–Crippen MR) is 120 cm³/mol. The second kappa shape index (κ2) is 8.97. The van der Waals surface area contributed by atoms with Crippen molar-refractivity contribution in [2.75, 3.05) is 6.61 Å². The minimum absolute atomic E-state index is 0.606. The zero-order valence-electron chi connectivity index (χ0n) is 16.4. The molecule has 0 bridgehead atoms. The number of thioether (sulfide) groups is 1. The Hall–Kier alpha value is -3.05. The first-order valence-electron chi connectivity index (χ1n) is 9.67. The summed E-state index contributed by atoms with van der Waals surface area (Å²) in [5.41, 5.74) is 2.23. The molecule has 0 saturated heterocycles. The maximum Gasteiger partial charge on any atom is 0.192 e. The monoisotopic (exact) mass is 401 g/mol. The Balaban J connectivity index is 1.66. The van der Waals surface area contributed by atoms with E-state index in [9.17, 15) is 0 Å². The number of hydrogen-bond acceptors (Lipinski definition) is 4. The van der Waals surface area contributed by atoms with Crippen LogP contribution in [0, 0.1) is 0 Å². The second-order valence-electron chi connectivity index (χ2n) is 6.56. The van der Waals surface area contributed by atoms with Crippen molar-refractivity contribution in [3.63, 3.8) is 0 Å². The number of hydrogen-bond donors (Lipinski definition) is 0. The minimum Gasteiger partial charge on any atom is -0.493 e. The molecule has 4 nitrogen and oxygen atoms in total. The highest BCUT2D eigenvalue weighted by molar-refractivity contribution is 7.98. The van der Waals surface area contributed by atoms with Crippen LogP contribution in [0.25, 0.3) is 22.2 Å². The minimum atomic E-state index is 0.606. The third-order valence-corrected chi connectivity index (χ3v) is 5.71. The molecule has 0 atom stereocenters. The maximum absolute atomic E-state index is 5.80. The van der Waals surface area contributed by atoms with E-state index in [4.69, 9.17) is 4.74 Å². The molecule has 0 aliphatic rings. The standard InChI is InChI=1S/C24H23N3OS/c1-3-16-27-23(21-14-7-8-15-22(21)28-4-2)25-26-24(27)29-17-19-12-9-11-18-10-5-6-13-20(18)19/h3,5-15H,1,4,16-17H2,2H3. The van der Waals surface area contributed by atoms with Crippen molar-refractivity contribution in [1.82, 2.24) is 14.8 Å². The fourth-order valence-corrected chi connectivity index (χ4v) is 4.33. The molecule has 0 N–H and O–H groups in total. The first kappa shape index (κ1) is 19.3. The van der Waals surface area contributed by atoms with Gasteiger partial charge in [0.05, 0.1) is 12.2 Å². The molecule has 0 spiro atoms. The van der Waals surface area contributed by atoms with Crippen LogP contribution in [0.5, 0.6) is 5.75 Å². The van der Waals surface area contributed by atoms with Crippen molar-refractivity contribution in [1.29, 1.82) is 0 Å². The molecule has 1 aromatic heterocycles. The number of rotatable bonds is 8. The van der Waals surface area contributed by atoms with E-state index in [2.05, 4.69) is 63.8 Å². The number of para-hydroxylation sites is 1. The first-order chi connectivity index (χ1) is 14.3. The summed E-state index contributed by atoms with van der Waals surface area (Å²) >= 11 is 1.69. The van der Waals surface area contributed by atoms with Gasteiger partial charge >= 0.3 is 0 Å². The molecule has 4 aromatic rings. The summed E-state index contributed by atoms with van der Waals surface area (Å²) in [6, 6.07) is 22.9. The van der Waals surface area contributed by atoms with Gasteiger partial charge in [-0.25, -0.2) is 0 Å². The summed E-state index contributed by atoms with van der Waals surface area (Å²) in [5, 5.41) is 12.4. The SMILES string of the molecule is C=CCn1c(SCc2cccc3ccccc23)nnc1-c1ccccc1OCC. The van der Waals surface area contributed by atoms with Gasteiger partial charge in [-0.05, 0) is 35.4 Å². The van der Waals surface area contributed by atoms with Crippen molar-refractivity contribution in [2.45, 2.75) is 24.4 Å². The van der Waals surface area contributed by atoms with E-state index in [1.165, 1.54) is 16.3 Å². The molecule has 5 heteroatoms. The van der Waals surface area contributed by atoms with E-state index in [1.807, 2.05) is 37.3 Å². The summed E-state index contributed by atoms with van der Waals surface area (Å²) in [6.45, 7) is 7.14. The highest BCUT2D eigenvalue weighted by Crippen LogP contribution is 2.33. The van der Waals surface area contributed by atoms with Crippen LogP contribution in [0.15, 0.2) is 84.5 Å². The third-order valence-electron chi connectivity index (χ3n) is 4.69. The Morgan fingerprint density at radius 3 is 2.66 bits per heavy atom. The molecule has 146 valence electrons. The normalized spacial score (nSPS) is 10.9. The Labute approximate surface area is 175 Å². The van der Waals surface area contributed by atoms with Crippen LogP contribution in [0.3, 0.4) is 0 Å². The molecular formula is C24H23N3OS. The van der Waals surface area contributed by atoms with E-state index in [1.54, 1.807) is 11.8 Å². The van der Waals surface area contributed by atoms with Gasteiger partial charge in [0.1, 0.15) is 5.75 Å². The van der Waals surface area contributed by atoms with Crippen LogP contribution >= 0.6 is 11.8 Å². The van der Waals surface area contributed by atoms with Crippen LogP contribution < -0.4 is 4.74 Å². The maximum atomic E-state index is 5.80. The van der Waals surface area contributed by atoms with Gasteiger partial charge < -0.3 is 4.74 Å². The Morgan fingerprint density at radius 2 is 1.79 bits per heavy atom.